The van der Waals surface area contributed by atoms with Crippen LogP contribution in [0.3, 0.4) is 0 Å². The maximum absolute atomic E-state index is 12.9. The number of nitrogens with one attached hydrogen (secondary N) is 1. The van der Waals surface area contributed by atoms with Gasteiger partial charge in [0.25, 0.3) is 11.8 Å². The maximum Gasteiger partial charge on any atom is 0.276 e. The number of rotatable bonds is 5. The Morgan fingerprint density at radius 1 is 1.20 bits per heavy atom. The highest BCUT2D eigenvalue weighted by atomic mass is 16.4. The Labute approximate surface area is 174 Å². The van der Waals surface area contributed by atoms with Crippen LogP contribution in [0.2, 0.25) is 0 Å². The number of aryl methyl sites for hydroxylation is 2. The number of piperidine rings is 1. The smallest absolute Gasteiger partial charge is 0.276 e. The van der Waals surface area contributed by atoms with Gasteiger partial charge in [0.2, 0.25) is 5.89 Å². The predicted octanol–water partition coefficient (Wildman–Crippen LogP) is 2.67. The number of oxazole rings is 1. The molecule has 1 N–H and O–H groups in total. The van der Waals surface area contributed by atoms with Gasteiger partial charge in [0.1, 0.15) is 5.76 Å². The van der Waals surface area contributed by atoms with Crippen LogP contribution in [0.5, 0.6) is 0 Å². The minimum absolute atomic E-state index is 0.101. The van der Waals surface area contributed by atoms with Crippen molar-refractivity contribution in [3.05, 3.63) is 59.7 Å². The molecule has 1 aliphatic rings. The number of carbonyl (C=O) groups is 2. The second-order valence-corrected chi connectivity index (χ2v) is 7.64. The molecule has 3 aromatic rings. The summed E-state index contributed by atoms with van der Waals surface area (Å²) in [6.45, 7) is 3.64. The highest BCUT2D eigenvalue weighted by molar-refractivity contribution is 5.94. The Morgan fingerprint density at radius 2 is 1.93 bits per heavy atom. The third kappa shape index (κ3) is 4.27. The molecular weight excluding hydrogens is 382 g/mol. The zero-order valence-corrected chi connectivity index (χ0v) is 17.2. The van der Waals surface area contributed by atoms with Gasteiger partial charge in [-0.05, 0) is 37.8 Å². The monoisotopic (exact) mass is 407 g/mol. The fourth-order valence-electron chi connectivity index (χ4n) is 3.67. The van der Waals surface area contributed by atoms with Crippen LogP contribution in [0.1, 0.15) is 39.4 Å². The lowest BCUT2D eigenvalue weighted by Gasteiger charge is -2.31. The van der Waals surface area contributed by atoms with E-state index in [0.717, 1.165) is 18.4 Å². The standard InChI is InChI=1S/C22H25N5O3/c1-15-19(25-21(30-15)17-6-4-3-5-7-17)22(29)27-10-8-16(9-11-27)12-23-20(28)18-13-24-26(2)14-18/h3-7,13-14,16H,8-12H2,1-2H3,(H,23,28). The highest BCUT2D eigenvalue weighted by Gasteiger charge is 2.27. The zero-order valence-electron chi connectivity index (χ0n) is 17.2. The largest absolute Gasteiger partial charge is 0.441 e. The number of nitrogens with zero attached hydrogens (tertiary/aromatic N) is 4. The van der Waals surface area contributed by atoms with Crippen molar-refractivity contribution in [3.8, 4) is 11.5 Å². The third-order valence-corrected chi connectivity index (χ3v) is 5.44. The summed E-state index contributed by atoms with van der Waals surface area (Å²) >= 11 is 0. The van der Waals surface area contributed by atoms with E-state index in [-0.39, 0.29) is 11.8 Å². The number of hydrogen-bond donors (Lipinski definition) is 1. The SMILES string of the molecule is Cc1oc(-c2ccccc2)nc1C(=O)N1CCC(CNC(=O)c2cnn(C)c2)CC1. The van der Waals surface area contributed by atoms with Gasteiger partial charge in [0.15, 0.2) is 5.69 Å². The Kier molecular flexibility index (Phi) is 5.65. The van der Waals surface area contributed by atoms with Gasteiger partial charge in [-0.3, -0.25) is 14.3 Å². The van der Waals surface area contributed by atoms with Crippen LogP contribution in [-0.2, 0) is 7.05 Å². The number of amides is 2. The van der Waals surface area contributed by atoms with Crippen molar-refractivity contribution < 1.29 is 14.0 Å². The lowest BCUT2D eigenvalue weighted by Crippen LogP contribution is -2.41. The summed E-state index contributed by atoms with van der Waals surface area (Å²) in [6, 6.07) is 9.56. The van der Waals surface area contributed by atoms with Crippen LogP contribution >= 0.6 is 0 Å². The van der Waals surface area contributed by atoms with Crippen molar-refractivity contribution in [2.24, 2.45) is 13.0 Å². The molecule has 2 aromatic heterocycles. The van der Waals surface area contributed by atoms with E-state index in [2.05, 4.69) is 15.4 Å². The van der Waals surface area contributed by atoms with Gasteiger partial charge in [-0.25, -0.2) is 4.98 Å². The molecule has 30 heavy (non-hydrogen) atoms. The Balaban J connectivity index is 1.31. The van der Waals surface area contributed by atoms with E-state index in [9.17, 15) is 9.59 Å². The molecule has 1 saturated heterocycles. The predicted molar refractivity (Wildman–Crippen MR) is 111 cm³/mol. The van der Waals surface area contributed by atoms with Gasteiger partial charge in [-0.15, -0.1) is 0 Å². The van der Waals surface area contributed by atoms with E-state index in [1.165, 1.54) is 0 Å². The lowest BCUT2D eigenvalue weighted by molar-refractivity contribution is 0.0677. The van der Waals surface area contributed by atoms with E-state index >= 15 is 0 Å². The second-order valence-electron chi connectivity index (χ2n) is 7.64. The number of hydrogen-bond acceptors (Lipinski definition) is 5. The quantitative estimate of drug-likeness (QED) is 0.702. The molecule has 0 unspecified atom stereocenters. The summed E-state index contributed by atoms with van der Waals surface area (Å²) < 4.78 is 7.33. The molecule has 4 rings (SSSR count). The van der Waals surface area contributed by atoms with Crippen LogP contribution in [-0.4, -0.2) is 51.1 Å². The fourth-order valence-corrected chi connectivity index (χ4v) is 3.67. The Morgan fingerprint density at radius 3 is 2.60 bits per heavy atom. The fraction of sp³-hybridized carbons (Fsp3) is 0.364. The van der Waals surface area contributed by atoms with E-state index in [1.54, 1.807) is 31.0 Å². The Bertz CT molecular complexity index is 1030. The van der Waals surface area contributed by atoms with Crippen LogP contribution in [0, 0.1) is 12.8 Å². The molecule has 0 radical (unpaired) electrons. The van der Waals surface area contributed by atoms with Crippen molar-refractivity contribution in [2.75, 3.05) is 19.6 Å². The van der Waals surface area contributed by atoms with Crippen LogP contribution in [0.15, 0.2) is 47.1 Å². The molecule has 8 nitrogen and oxygen atoms in total. The van der Waals surface area contributed by atoms with Gasteiger partial charge >= 0.3 is 0 Å². The Hall–Kier alpha value is -3.42. The summed E-state index contributed by atoms with van der Waals surface area (Å²) in [5.74, 6) is 1.12. The topological polar surface area (TPSA) is 93.3 Å². The molecule has 3 heterocycles. The number of carbonyl (C=O) groups excluding carboxylic acids is 2. The summed E-state index contributed by atoms with van der Waals surface area (Å²) in [5.41, 5.74) is 1.78. The minimum Gasteiger partial charge on any atom is -0.441 e. The first-order valence-electron chi connectivity index (χ1n) is 10.1. The second kappa shape index (κ2) is 8.52. The molecule has 0 bridgehead atoms. The molecular formula is C22H25N5O3. The summed E-state index contributed by atoms with van der Waals surface area (Å²) in [4.78, 5) is 31.4. The van der Waals surface area contributed by atoms with Gasteiger partial charge in [0.05, 0.1) is 11.8 Å². The molecule has 1 aliphatic heterocycles. The van der Waals surface area contributed by atoms with E-state index in [4.69, 9.17) is 4.42 Å². The number of benzene rings is 1. The zero-order chi connectivity index (χ0) is 21.1. The molecule has 0 atom stereocenters. The van der Waals surface area contributed by atoms with Crippen molar-refractivity contribution >= 4 is 11.8 Å². The van der Waals surface area contributed by atoms with Gasteiger partial charge in [0, 0.05) is 38.4 Å². The lowest BCUT2D eigenvalue weighted by atomic mass is 9.96. The highest BCUT2D eigenvalue weighted by Crippen LogP contribution is 2.24. The molecule has 0 spiro atoms. The van der Waals surface area contributed by atoms with Gasteiger partial charge in [-0.2, -0.15) is 5.10 Å². The number of aromatic nitrogens is 3. The molecule has 2 amide bonds. The first-order valence-corrected chi connectivity index (χ1v) is 10.1. The average Bonchev–Trinajstić information content (AvgIpc) is 3.38. The first-order chi connectivity index (χ1) is 14.5. The van der Waals surface area contributed by atoms with Crippen molar-refractivity contribution in [3.63, 3.8) is 0 Å². The molecule has 0 aliphatic carbocycles. The summed E-state index contributed by atoms with van der Waals surface area (Å²) in [5, 5.41) is 6.98. The van der Waals surface area contributed by atoms with Gasteiger partial charge < -0.3 is 14.6 Å². The van der Waals surface area contributed by atoms with Crippen molar-refractivity contribution in [2.45, 2.75) is 19.8 Å². The van der Waals surface area contributed by atoms with Crippen molar-refractivity contribution in [1.29, 1.82) is 0 Å². The molecule has 0 saturated carbocycles. The van der Waals surface area contributed by atoms with Gasteiger partial charge in [-0.1, -0.05) is 18.2 Å². The minimum atomic E-state index is -0.117. The van der Waals surface area contributed by atoms with Crippen LogP contribution in [0.25, 0.3) is 11.5 Å². The van der Waals surface area contributed by atoms with E-state index in [1.807, 2.05) is 35.2 Å². The summed E-state index contributed by atoms with van der Waals surface area (Å²) in [7, 11) is 1.78. The van der Waals surface area contributed by atoms with E-state index in [0.29, 0.717) is 48.5 Å². The van der Waals surface area contributed by atoms with Crippen LogP contribution < -0.4 is 5.32 Å². The van der Waals surface area contributed by atoms with Crippen LogP contribution in [0.4, 0.5) is 0 Å². The molecule has 8 heteroatoms. The maximum atomic E-state index is 12.9. The average molecular weight is 407 g/mol. The molecule has 1 aromatic carbocycles. The normalized spacial score (nSPS) is 14.7. The number of likely N-dealkylation sites (tertiary alicyclic amines) is 1. The molecule has 1 fully saturated rings. The summed E-state index contributed by atoms with van der Waals surface area (Å²) in [6.07, 6.45) is 4.92. The first kappa shape index (κ1) is 19.9. The van der Waals surface area contributed by atoms with E-state index < -0.39 is 0 Å². The van der Waals surface area contributed by atoms with Crippen molar-refractivity contribution in [1.82, 2.24) is 25.0 Å². The third-order valence-electron chi connectivity index (χ3n) is 5.44. The molecule has 156 valence electrons.